The van der Waals surface area contributed by atoms with Crippen LogP contribution in [0.2, 0.25) is 0 Å². The van der Waals surface area contributed by atoms with Crippen molar-refractivity contribution in [2.45, 2.75) is 38.1 Å². The molecule has 33 heavy (non-hydrogen) atoms. The highest BCUT2D eigenvalue weighted by atomic mass is 32.1. The second-order valence-electron chi connectivity index (χ2n) is 8.80. The van der Waals surface area contributed by atoms with Crippen LogP contribution in [-0.2, 0) is 13.0 Å². The standard InChI is InChI=1S/C24H30N6O2S/c31-23(24-30-21(14-33-24)18-2-3-18)29-20-4-1-16(10-26-12-17-5-7-25-11-17)9-22(20)32-8-6-19-13-27-15-28-19/h1,4,9,13-15,17-18,25-26H,2-3,5-8,10-12H2,(H,27,28)(H,29,31). The number of anilines is 1. The number of carbonyl (C=O) groups excluding carboxylic acids is 1. The molecule has 1 saturated carbocycles. The number of hydrogen-bond donors (Lipinski definition) is 4. The van der Waals surface area contributed by atoms with Gasteiger partial charge < -0.3 is 25.7 Å². The molecule has 1 amide bonds. The van der Waals surface area contributed by atoms with Crippen LogP contribution in [0.25, 0.3) is 0 Å². The maximum absolute atomic E-state index is 12.8. The highest BCUT2D eigenvalue weighted by Crippen LogP contribution is 2.40. The second-order valence-corrected chi connectivity index (χ2v) is 9.66. The van der Waals surface area contributed by atoms with E-state index in [1.54, 1.807) is 12.5 Å². The Morgan fingerprint density at radius 1 is 1.27 bits per heavy atom. The normalized spacial score (nSPS) is 17.9. The van der Waals surface area contributed by atoms with E-state index in [4.69, 9.17) is 4.74 Å². The Morgan fingerprint density at radius 2 is 2.21 bits per heavy atom. The number of benzene rings is 1. The number of nitrogens with one attached hydrogen (secondary N) is 4. The molecule has 1 saturated heterocycles. The summed E-state index contributed by atoms with van der Waals surface area (Å²) in [4.78, 5) is 24.5. The molecular formula is C24H30N6O2S. The molecule has 2 fully saturated rings. The smallest absolute Gasteiger partial charge is 0.284 e. The van der Waals surface area contributed by atoms with Crippen LogP contribution in [-0.4, -0.2) is 47.1 Å². The van der Waals surface area contributed by atoms with Gasteiger partial charge in [0, 0.05) is 36.2 Å². The van der Waals surface area contributed by atoms with Gasteiger partial charge in [-0.2, -0.15) is 0 Å². The van der Waals surface area contributed by atoms with Crippen molar-refractivity contribution in [2.75, 3.05) is 31.6 Å². The zero-order valence-electron chi connectivity index (χ0n) is 18.6. The molecule has 3 aromatic rings. The minimum atomic E-state index is -0.190. The Kier molecular flexibility index (Phi) is 6.99. The molecule has 5 rings (SSSR count). The number of thiazole rings is 1. The Morgan fingerprint density at radius 3 is 3.00 bits per heavy atom. The van der Waals surface area contributed by atoms with Gasteiger partial charge in [-0.05, 0) is 62.5 Å². The molecule has 4 N–H and O–H groups in total. The first-order valence-corrected chi connectivity index (χ1v) is 12.5. The van der Waals surface area contributed by atoms with Crippen LogP contribution >= 0.6 is 11.3 Å². The first-order valence-electron chi connectivity index (χ1n) is 11.7. The van der Waals surface area contributed by atoms with Crippen molar-refractivity contribution in [3.05, 3.63) is 58.1 Å². The van der Waals surface area contributed by atoms with Crippen molar-refractivity contribution in [3.8, 4) is 5.75 Å². The van der Waals surface area contributed by atoms with Crippen LogP contribution in [0.1, 0.15) is 51.9 Å². The summed E-state index contributed by atoms with van der Waals surface area (Å²) in [6.07, 6.45) is 7.74. The summed E-state index contributed by atoms with van der Waals surface area (Å²) in [6, 6.07) is 5.97. The maximum atomic E-state index is 12.8. The molecule has 174 valence electrons. The number of hydrogen-bond acceptors (Lipinski definition) is 7. The molecule has 3 heterocycles. The lowest BCUT2D eigenvalue weighted by Crippen LogP contribution is -2.24. The second kappa shape index (κ2) is 10.5. The van der Waals surface area contributed by atoms with E-state index < -0.39 is 0 Å². The summed E-state index contributed by atoms with van der Waals surface area (Å²) in [5.41, 5.74) is 3.84. The lowest BCUT2D eigenvalue weighted by Gasteiger charge is -2.15. The van der Waals surface area contributed by atoms with Gasteiger partial charge in [-0.1, -0.05) is 6.07 Å². The van der Waals surface area contributed by atoms with E-state index in [-0.39, 0.29) is 5.91 Å². The minimum Gasteiger partial charge on any atom is -0.491 e. The summed E-state index contributed by atoms with van der Waals surface area (Å²) in [5, 5.41) is 12.5. The quantitative estimate of drug-likeness (QED) is 0.346. The van der Waals surface area contributed by atoms with Gasteiger partial charge in [-0.3, -0.25) is 4.79 Å². The van der Waals surface area contributed by atoms with Crippen LogP contribution in [0, 0.1) is 5.92 Å². The van der Waals surface area contributed by atoms with Crippen molar-refractivity contribution in [1.29, 1.82) is 0 Å². The van der Waals surface area contributed by atoms with E-state index in [0.717, 1.165) is 43.1 Å². The minimum absolute atomic E-state index is 0.190. The lowest BCUT2D eigenvalue weighted by atomic mass is 10.1. The first-order chi connectivity index (χ1) is 16.2. The van der Waals surface area contributed by atoms with Gasteiger partial charge in [0.05, 0.1) is 24.3 Å². The van der Waals surface area contributed by atoms with Gasteiger partial charge in [0.15, 0.2) is 5.01 Å². The van der Waals surface area contributed by atoms with Gasteiger partial charge in [-0.25, -0.2) is 9.97 Å². The van der Waals surface area contributed by atoms with Crippen LogP contribution in [0.3, 0.4) is 0 Å². The Bertz CT molecular complexity index is 1060. The highest BCUT2D eigenvalue weighted by molar-refractivity contribution is 7.11. The monoisotopic (exact) mass is 466 g/mol. The summed E-state index contributed by atoms with van der Waals surface area (Å²) in [5.74, 6) is 1.71. The van der Waals surface area contributed by atoms with Crippen molar-refractivity contribution in [1.82, 2.24) is 25.6 Å². The molecule has 0 bridgehead atoms. The van der Waals surface area contributed by atoms with E-state index in [9.17, 15) is 4.79 Å². The Balaban J connectivity index is 1.24. The van der Waals surface area contributed by atoms with Crippen molar-refractivity contribution < 1.29 is 9.53 Å². The fourth-order valence-electron chi connectivity index (χ4n) is 4.03. The number of imidazole rings is 1. The topological polar surface area (TPSA) is 104 Å². The molecule has 0 spiro atoms. The van der Waals surface area contributed by atoms with Gasteiger partial charge >= 0.3 is 0 Å². The first kappa shape index (κ1) is 22.1. The van der Waals surface area contributed by atoms with E-state index in [2.05, 4.69) is 30.9 Å². The largest absolute Gasteiger partial charge is 0.491 e. The lowest BCUT2D eigenvalue weighted by molar-refractivity contribution is 0.102. The van der Waals surface area contributed by atoms with Gasteiger partial charge in [0.2, 0.25) is 0 Å². The van der Waals surface area contributed by atoms with Crippen molar-refractivity contribution in [3.63, 3.8) is 0 Å². The molecule has 2 aliphatic rings. The fourth-order valence-corrected chi connectivity index (χ4v) is 4.83. The highest BCUT2D eigenvalue weighted by Gasteiger charge is 2.27. The summed E-state index contributed by atoms with van der Waals surface area (Å²) < 4.78 is 6.10. The molecule has 9 heteroatoms. The van der Waals surface area contributed by atoms with Gasteiger partial charge in [-0.15, -0.1) is 11.3 Å². The van der Waals surface area contributed by atoms with Crippen molar-refractivity contribution >= 4 is 22.9 Å². The number of ether oxygens (including phenoxy) is 1. The number of rotatable bonds is 11. The van der Waals surface area contributed by atoms with Gasteiger partial charge in [0.25, 0.3) is 5.91 Å². The van der Waals surface area contributed by atoms with Crippen molar-refractivity contribution in [2.24, 2.45) is 5.92 Å². The number of carbonyl (C=O) groups is 1. The molecule has 1 unspecified atom stereocenters. The predicted octanol–water partition coefficient (Wildman–Crippen LogP) is 3.32. The zero-order chi connectivity index (χ0) is 22.5. The molecule has 0 radical (unpaired) electrons. The Hall–Kier alpha value is -2.75. The summed E-state index contributed by atoms with van der Waals surface area (Å²) in [6.45, 7) is 4.43. The number of aromatic amines is 1. The number of nitrogens with zero attached hydrogens (tertiary/aromatic N) is 2. The van der Waals surface area contributed by atoms with Crippen LogP contribution in [0.15, 0.2) is 36.1 Å². The van der Waals surface area contributed by atoms with Crippen LogP contribution in [0.4, 0.5) is 5.69 Å². The summed E-state index contributed by atoms with van der Waals surface area (Å²) >= 11 is 1.40. The molecule has 2 aromatic heterocycles. The third-order valence-corrected chi connectivity index (χ3v) is 6.97. The molecule has 1 aliphatic carbocycles. The zero-order valence-corrected chi connectivity index (χ0v) is 19.4. The van der Waals surface area contributed by atoms with Crippen LogP contribution in [0.5, 0.6) is 5.75 Å². The fraction of sp³-hybridized carbons (Fsp3) is 0.458. The van der Waals surface area contributed by atoms with Gasteiger partial charge in [0.1, 0.15) is 5.75 Å². The van der Waals surface area contributed by atoms with E-state index in [0.29, 0.717) is 41.3 Å². The maximum Gasteiger partial charge on any atom is 0.284 e. The molecule has 8 nitrogen and oxygen atoms in total. The third-order valence-electron chi connectivity index (χ3n) is 6.11. The number of amides is 1. The summed E-state index contributed by atoms with van der Waals surface area (Å²) in [7, 11) is 0. The van der Waals surface area contributed by atoms with E-state index >= 15 is 0 Å². The van der Waals surface area contributed by atoms with E-state index in [1.807, 2.05) is 23.6 Å². The molecule has 1 aliphatic heterocycles. The predicted molar refractivity (Wildman–Crippen MR) is 129 cm³/mol. The molecule has 1 atom stereocenters. The molecular weight excluding hydrogens is 436 g/mol. The number of aromatic nitrogens is 3. The molecule has 1 aromatic carbocycles. The third kappa shape index (κ3) is 5.98. The average molecular weight is 467 g/mol. The van der Waals surface area contributed by atoms with Crippen LogP contribution < -0.4 is 20.7 Å². The SMILES string of the molecule is O=C(Nc1ccc(CNCC2CCNC2)cc1OCCc1cnc[nH]1)c1nc(C2CC2)cs1. The van der Waals surface area contributed by atoms with E-state index in [1.165, 1.54) is 30.6 Å². The average Bonchev–Trinajstić information content (AvgIpc) is 3.24. The Labute approximate surface area is 197 Å². The number of H-pyrrole nitrogens is 1.